The molecule has 2 aliphatic rings. The van der Waals surface area contributed by atoms with Gasteiger partial charge in [-0.2, -0.15) is 9.29 Å². The van der Waals surface area contributed by atoms with E-state index in [9.17, 15) is 17.2 Å². The van der Waals surface area contributed by atoms with Crippen LogP contribution in [-0.4, -0.2) is 62.0 Å². The number of piperazine rings is 1. The molecule has 2 aliphatic heterocycles. The largest absolute Gasteiger partial charge is 0.354 e. The molecule has 162 valence electrons. The van der Waals surface area contributed by atoms with Gasteiger partial charge in [-0.05, 0) is 38.3 Å². The summed E-state index contributed by atoms with van der Waals surface area (Å²) in [6.07, 6.45) is 3.48. The van der Waals surface area contributed by atoms with Gasteiger partial charge in [-0.3, -0.25) is 0 Å². The van der Waals surface area contributed by atoms with Gasteiger partial charge in [-0.15, -0.1) is 0 Å². The normalized spacial score (nSPS) is 18.6. The van der Waals surface area contributed by atoms with Gasteiger partial charge in [0.25, 0.3) is 0 Å². The highest BCUT2D eigenvalue weighted by Gasteiger charge is 2.30. The minimum absolute atomic E-state index is 0.211. The van der Waals surface area contributed by atoms with Gasteiger partial charge in [0.15, 0.2) is 0 Å². The van der Waals surface area contributed by atoms with Gasteiger partial charge < -0.3 is 9.80 Å². The van der Waals surface area contributed by atoms with Gasteiger partial charge in [-0.1, -0.05) is 0 Å². The van der Waals surface area contributed by atoms with Crippen molar-refractivity contribution >= 4 is 21.8 Å². The molecule has 0 amide bonds. The van der Waals surface area contributed by atoms with Crippen LogP contribution in [0.15, 0.2) is 29.2 Å². The smallest absolute Gasteiger partial charge is 0.243 e. The summed E-state index contributed by atoms with van der Waals surface area (Å²) in [7, 11) is -3.96. The van der Waals surface area contributed by atoms with Crippen LogP contribution in [0.5, 0.6) is 0 Å². The number of hydrogen-bond acceptors (Lipinski definition) is 6. The molecule has 30 heavy (non-hydrogen) atoms. The number of piperidine rings is 1. The predicted octanol–water partition coefficient (Wildman–Crippen LogP) is 2.56. The van der Waals surface area contributed by atoms with Gasteiger partial charge in [0, 0.05) is 57.1 Å². The van der Waals surface area contributed by atoms with E-state index in [1.807, 2.05) is 17.9 Å². The predicted molar refractivity (Wildman–Crippen MR) is 110 cm³/mol. The Morgan fingerprint density at radius 3 is 2.07 bits per heavy atom. The topological polar surface area (TPSA) is 69.6 Å². The Labute approximate surface area is 175 Å². The second-order valence-corrected chi connectivity index (χ2v) is 9.65. The average Bonchev–Trinajstić information content (AvgIpc) is 2.73. The molecule has 0 atom stereocenters. The van der Waals surface area contributed by atoms with E-state index in [0.717, 1.165) is 55.5 Å². The SMILES string of the molecule is Cc1cc(N2CCN(S(=O)(=O)c3cc(F)cc(F)c3)CC2)nc(N2CCCCC2)n1. The number of aromatic nitrogens is 2. The molecule has 2 saturated heterocycles. The maximum Gasteiger partial charge on any atom is 0.243 e. The molecule has 0 unspecified atom stereocenters. The van der Waals surface area contributed by atoms with Crippen LogP contribution in [0.3, 0.4) is 0 Å². The second-order valence-electron chi connectivity index (χ2n) is 7.71. The fourth-order valence-electron chi connectivity index (χ4n) is 3.92. The van der Waals surface area contributed by atoms with Crippen LogP contribution < -0.4 is 9.80 Å². The number of benzene rings is 1. The summed E-state index contributed by atoms with van der Waals surface area (Å²) in [5, 5.41) is 0. The number of rotatable bonds is 4. The van der Waals surface area contributed by atoms with Crippen LogP contribution >= 0.6 is 0 Å². The molecule has 0 N–H and O–H groups in total. The van der Waals surface area contributed by atoms with Crippen LogP contribution in [0.2, 0.25) is 0 Å². The van der Waals surface area contributed by atoms with Gasteiger partial charge in [0.2, 0.25) is 16.0 Å². The number of anilines is 2. The monoisotopic (exact) mass is 437 g/mol. The molecule has 0 aliphatic carbocycles. The molecule has 0 radical (unpaired) electrons. The van der Waals surface area contributed by atoms with Crippen molar-refractivity contribution in [1.29, 1.82) is 0 Å². The van der Waals surface area contributed by atoms with E-state index in [1.54, 1.807) is 0 Å². The lowest BCUT2D eigenvalue weighted by Crippen LogP contribution is -2.49. The molecule has 3 heterocycles. The van der Waals surface area contributed by atoms with Gasteiger partial charge in [-0.25, -0.2) is 22.2 Å². The van der Waals surface area contributed by atoms with E-state index < -0.39 is 21.7 Å². The van der Waals surface area contributed by atoms with Crippen LogP contribution in [0.25, 0.3) is 0 Å². The molecule has 4 rings (SSSR count). The Morgan fingerprint density at radius 1 is 0.800 bits per heavy atom. The van der Waals surface area contributed by atoms with Crippen molar-refractivity contribution in [2.24, 2.45) is 0 Å². The number of nitrogens with zero attached hydrogens (tertiary/aromatic N) is 5. The molecule has 10 heteroatoms. The molecule has 2 fully saturated rings. The van der Waals surface area contributed by atoms with Crippen molar-refractivity contribution in [2.75, 3.05) is 49.1 Å². The minimum Gasteiger partial charge on any atom is -0.354 e. The van der Waals surface area contributed by atoms with Crippen molar-refractivity contribution < 1.29 is 17.2 Å². The summed E-state index contributed by atoms with van der Waals surface area (Å²) in [4.78, 5) is 13.2. The standard InChI is InChI=1S/C20H25F2N5O2S/c1-15-11-19(24-20(23-15)26-5-3-2-4-6-26)25-7-9-27(10-8-25)30(28,29)18-13-16(21)12-17(22)14-18/h11-14H,2-10H2,1H3. The second kappa shape index (κ2) is 8.43. The first-order chi connectivity index (χ1) is 14.3. The Kier molecular flexibility index (Phi) is 5.88. The number of hydrogen-bond donors (Lipinski definition) is 0. The maximum absolute atomic E-state index is 13.5. The fourth-order valence-corrected chi connectivity index (χ4v) is 5.38. The third-order valence-electron chi connectivity index (χ3n) is 5.50. The number of halogens is 2. The van der Waals surface area contributed by atoms with Crippen molar-refractivity contribution in [1.82, 2.24) is 14.3 Å². The lowest BCUT2D eigenvalue weighted by Gasteiger charge is -2.35. The van der Waals surface area contributed by atoms with E-state index >= 15 is 0 Å². The van der Waals surface area contributed by atoms with Crippen molar-refractivity contribution in [3.8, 4) is 0 Å². The Balaban J connectivity index is 1.48. The van der Waals surface area contributed by atoms with Crippen molar-refractivity contribution in [3.05, 3.63) is 41.6 Å². The third kappa shape index (κ3) is 4.39. The summed E-state index contributed by atoms with van der Waals surface area (Å²) in [6, 6.07) is 4.26. The lowest BCUT2D eigenvalue weighted by molar-refractivity contribution is 0.383. The zero-order chi connectivity index (χ0) is 21.3. The first-order valence-corrected chi connectivity index (χ1v) is 11.6. The Bertz CT molecular complexity index is 1000. The summed E-state index contributed by atoms with van der Waals surface area (Å²) >= 11 is 0. The summed E-state index contributed by atoms with van der Waals surface area (Å²) < 4.78 is 53.8. The van der Waals surface area contributed by atoms with E-state index in [0.29, 0.717) is 19.2 Å². The molecular weight excluding hydrogens is 412 g/mol. The number of aryl methyl sites for hydroxylation is 1. The quantitative estimate of drug-likeness (QED) is 0.732. The molecular formula is C20H25F2N5O2S. The Hall–Kier alpha value is -2.33. The van der Waals surface area contributed by atoms with Gasteiger partial charge in [0.1, 0.15) is 17.5 Å². The van der Waals surface area contributed by atoms with Crippen LogP contribution in [0.4, 0.5) is 20.5 Å². The highest BCUT2D eigenvalue weighted by molar-refractivity contribution is 7.89. The highest BCUT2D eigenvalue weighted by atomic mass is 32.2. The van der Waals surface area contributed by atoms with E-state index in [-0.39, 0.29) is 18.0 Å². The van der Waals surface area contributed by atoms with Crippen molar-refractivity contribution in [3.63, 3.8) is 0 Å². The molecule has 2 aromatic rings. The molecule has 7 nitrogen and oxygen atoms in total. The minimum atomic E-state index is -3.96. The summed E-state index contributed by atoms with van der Waals surface area (Å²) in [5.41, 5.74) is 0.867. The van der Waals surface area contributed by atoms with Crippen LogP contribution in [-0.2, 0) is 10.0 Å². The zero-order valence-electron chi connectivity index (χ0n) is 16.9. The van der Waals surface area contributed by atoms with E-state index in [4.69, 9.17) is 4.98 Å². The number of sulfonamides is 1. The lowest BCUT2D eigenvalue weighted by atomic mass is 10.1. The Morgan fingerprint density at radius 2 is 1.43 bits per heavy atom. The zero-order valence-corrected chi connectivity index (χ0v) is 17.7. The molecule has 0 saturated carbocycles. The molecule has 1 aromatic carbocycles. The highest BCUT2D eigenvalue weighted by Crippen LogP contribution is 2.24. The third-order valence-corrected chi connectivity index (χ3v) is 7.38. The summed E-state index contributed by atoms with van der Waals surface area (Å²) in [6.45, 7) is 5.11. The molecule has 1 aromatic heterocycles. The maximum atomic E-state index is 13.5. The molecule has 0 spiro atoms. The molecule has 0 bridgehead atoms. The van der Waals surface area contributed by atoms with E-state index in [1.165, 1.54) is 10.7 Å². The summed E-state index contributed by atoms with van der Waals surface area (Å²) in [5.74, 6) is -0.324. The van der Waals surface area contributed by atoms with Crippen molar-refractivity contribution in [2.45, 2.75) is 31.1 Å². The first kappa shape index (κ1) is 20.9. The van der Waals surface area contributed by atoms with Gasteiger partial charge in [0.05, 0.1) is 4.90 Å². The fraction of sp³-hybridized carbons (Fsp3) is 0.500. The van der Waals surface area contributed by atoms with E-state index in [2.05, 4.69) is 9.88 Å². The average molecular weight is 438 g/mol. The van der Waals surface area contributed by atoms with Crippen LogP contribution in [0, 0.1) is 18.6 Å². The van der Waals surface area contributed by atoms with Gasteiger partial charge >= 0.3 is 0 Å². The van der Waals surface area contributed by atoms with Crippen LogP contribution in [0.1, 0.15) is 25.0 Å². The first-order valence-electron chi connectivity index (χ1n) is 10.1.